The quantitative estimate of drug-likeness (QED) is 0.800. The van der Waals surface area contributed by atoms with E-state index in [2.05, 4.69) is 27.3 Å². The molecule has 0 aromatic heterocycles. The van der Waals surface area contributed by atoms with E-state index in [9.17, 15) is 9.59 Å². The first-order valence-electron chi connectivity index (χ1n) is 8.54. The maximum atomic E-state index is 12.6. The number of likely N-dealkylation sites (N-methyl/N-ethyl adjacent to an activating group) is 1. The normalized spacial score (nSPS) is 16.7. The maximum absolute atomic E-state index is 12.6. The van der Waals surface area contributed by atoms with Crippen molar-refractivity contribution in [1.29, 1.82) is 0 Å². The third kappa shape index (κ3) is 5.46. The summed E-state index contributed by atoms with van der Waals surface area (Å²) in [4.78, 5) is 26.1. The molecular weight excluding hydrogens is 384 g/mol. The zero-order valence-electron chi connectivity index (χ0n) is 15.6. The number of carbonyl (C=O) groups is 2. The SMILES string of the molecule is C[C@@H](C(=O)NC1(Cc2ccccc2Br)CC1)N(C)C(=O)OC(C)(C)C. The van der Waals surface area contributed by atoms with E-state index < -0.39 is 17.7 Å². The molecule has 2 amide bonds. The molecular formula is C19H27BrN2O3. The van der Waals surface area contributed by atoms with Gasteiger partial charge in [-0.2, -0.15) is 0 Å². The number of hydrogen-bond donors (Lipinski definition) is 1. The zero-order chi connectivity index (χ0) is 18.8. The van der Waals surface area contributed by atoms with Crippen molar-refractivity contribution in [2.45, 2.75) is 64.1 Å². The number of hydrogen-bond acceptors (Lipinski definition) is 3. The molecule has 0 heterocycles. The zero-order valence-corrected chi connectivity index (χ0v) is 17.1. The van der Waals surface area contributed by atoms with Crippen molar-refractivity contribution < 1.29 is 14.3 Å². The summed E-state index contributed by atoms with van der Waals surface area (Å²) < 4.78 is 6.38. The van der Waals surface area contributed by atoms with E-state index in [1.54, 1.807) is 34.7 Å². The van der Waals surface area contributed by atoms with Gasteiger partial charge in [-0.05, 0) is 58.6 Å². The van der Waals surface area contributed by atoms with Crippen LogP contribution in [0.2, 0.25) is 0 Å². The molecule has 1 N–H and O–H groups in total. The Bertz CT molecular complexity index is 650. The molecule has 0 radical (unpaired) electrons. The van der Waals surface area contributed by atoms with Crippen LogP contribution < -0.4 is 5.32 Å². The van der Waals surface area contributed by atoms with Crippen LogP contribution in [0.25, 0.3) is 0 Å². The van der Waals surface area contributed by atoms with E-state index in [4.69, 9.17) is 4.74 Å². The molecule has 0 spiro atoms. The van der Waals surface area contributed by atoms with Crippen LogP contribution in [0, 0.1) is 0 Å². The molecule has 2 rings (SSSR count). The predicted octanol–water partition coefficient (Wildman–Crippen LogP) is 3.90. The Labute approximate surface area is 158 Å². The second-order valence-corrected chi connectivity index (χ2v) is 8.66. The van der Waals surface area contributed by atoms with Crippen LogP contribution in [0.3, 0.4) is 0 Å². The lowest BCUT2D eigenvalue weighted by molar-refractivity contribution is -0.126. The highest BCUT2D eigenvalue weighted by Gasteiger charge is 2.45. The van der Waals surface area contributed by atoms with Gasteiger partial charge in [0.05, 0.1) is 0 Å². The molecule has 138 valence electrons. The highest BCUT2D eigenvalue weighted by Crippen LogP contribution is 2.40. The third-order valence-corrected chi connectivity index (χ3v) is 5.14. The molecule has 0 bridgehead atoms. The van der Waals surface area contributed by atoms with E-state index in [1.165, 1.54) is 10.5 Å². The molecule has 0 saturated heterocycles. The standard InChI is InChI=1S/C19H27BrN2O3/c1-13(22(5)17(24)25-18(2,3)4)16(23)21-19(10-11-19)12-14-8-6-7-9-15(14)20/h6-9,13H,10-12H2,1-5H3,(H,21,23)/t13-/m0/s1. The van der Waals surface area contributed by atoms with Gasteiger partial charge >= 0.3 is 6.09 Å². The van der Waals surface area contributed by atoms with Crippen molar-refractivity contribution in [3.05, 3.63) is 34.3 Å². The number of carbonyl (C=O) groups excluding carboxylic acids is 2. The van der Waals surface area contributed by atoms with Crippen LogP contribution in [-0.2, 0) is 16.0 Å². The van der Waals surface area contributed by atoms with Crippen molar-refractivity contribution in [2.24, 2.45) is 0 Å². The van der Waals surface area contributed by atoms with Gasteiger partial charge in [0.15, 0.2) is 0 Å². The molecule has 0 aliphatic heterocycles. The van der Waals surface area contributed by atoms with E-state index in [0.717, 1.165) is 23.7 Å². The van der Waals surface area contributed by atoms with Gasteiger partial charge < -0.3 is 10.1 Å². The first-order chi connectivity index (χ1) is 11.5. The minimum absolute atomic E-state index is 0.155. The summed E-state index contributed by atoms with van der Waals surface area (Å²) in [5, 5.41) is 3.13. The van der Waals surface area contributed by atoms with Crippen LogP contribution in [0.1, 0.15) is 46.1 Å². The van der Waals surface area contributed by atoms with Gasteiger partial charge in [-0.3, -0.25) is 9.69 Å². The third-order valence-electron chi connectivity index (χ3n) is 4.37. The fourth-order valence-electron chi connectivity index (χ4n) is 2.54. The summed E-state index contributed by atoms with van der Waals surface area (Å²) in [6.07, 6.45) is 2.18. The summed E-state index contributed by atoms with van der Waals surface area (Å²) in [6.45, 7) is 7.13. The lowest BCUT2D eigenvalue weighted by Gasteiger charge is -2.29. The molecule has 1 aliphatic rings. The summed E-state index contributed by atoms with van der Waals surface area (Å²) in [5.74, 6) is -0.155. The van der Waals surface area contributed by atoms with Gasteiger partial charge in [0.1, 0.15) is 11.6 Å². The molecule has 1 saturated carbocycles. The summed E-state index contributed by atoms with van der Waals surface area (Å²) in [6, 6.07) is 7.45. The molecule has 1 atom stereocenters. The van der Waals surface area contributed by atoms with Gasteiger partial charge in [-0.25, -0.2) is 4.79 Å². The number of benzene rings is 1. The van der Waals surface area contributed by atoms with E-state index in [0.29, 0.717) is 0 Å². The van der Waals surface area contributed by atoms with Gasteiger partial charge in [-0.15, -0.1) is 0 Å². The second kappa shape index (κ2) is 7.36. The first kappa shape index (κ1) is 19.8. The Balaban J connectivity index is 1.96. The molecule has 1 aromatic carbocycles. The Morgan fingerprint density at radius 2 is 1.92 bits per heavy atom. The van der Waals surface area contributed by atoms with Crippen LogP contribution in [-0.4, -0.2) is 41.1 Å². The Morgan fingerprint density at radius 3 is 2.44 bits per heavy atom. The number of nitrogens with one attached hydrogen (secondary N) is 1. The monoisotopic (exact) mass is 410 g/mol. The molecule has 1 aromatic rings. The van der Waals surface area contributed by atoms with E-state index in [-0.39, 0.29) is 11.4 Å². The number of rotatable bonds is 5. The van der Waals surface area contributed by atoms with Crippen LogP contribution in [0.4, 0.5) is 4.79 Å². The fourth-order valence-corrected chi connectivity index (χ4v) is 2.96. The summed E-state index contributed by atoms with van der Waals surface area (Å²) >= 11 is 3.56. The summed E-state index contributed by atoms with van der Waals surface area (Å²) in [5.41, 5.74) is 0.386. The van der Waals surface area contributed by atoms with Crippen molar-refractivity contribution >= 4 is 27.9 Å². The highest BCUT2D eigenvalue weighted by molar-refractivity contribution is 9.10. The topological polar surface area (TPSA) is 58.6 Å². The van der Waals surface area contributed by atoms with Crippen molar-refractivity contribution in [2.75, 3.05) is 7.05 Å². The Morgan fingerprint density at radius 1 is 1.32 bits per heavy atom. The smallest absolute Gasteiger partial charge is 0.410 e. The van der Waals surface area contributed by atoms with E-state index >= 15 is 0 Å². The molecule has 5 nitrogen and oxygen atoms in total. The van der Waals surface area contributed by atoms with Gasteiger partial charge in [0.25, 0.3) is 0 Å². The van der Waals surface area contributed by atoms with Crippen molar-refractivity contribution in [3.8, 4) is 0 Å². The average molecular weight is 411 g/mol. The highest BCUT2D eigenvalue weighted by atomic mass is 79.9. The van der Waals surface area contributed by atoms with E-state index in [1.807, 2.05) is 18.2 Å². The van der Waals surface area contributed by atoms with Crippen LogP contribution >= 0.6 is 15.9 Å². The number of nitrogens with zero attached hydrogens (tertiary/aromatic N) is 1. The molecule has 1 aliphatic carbocycles. The number of ether oxygens (including phenoxy) is 1. The number of amides is 2. The van der Waals surface area contributed by atoms with Crippen LogP contribution in [0.15, 0.2) is 28.7 Å². The molecule has 6 heteroatoms. The second-order valence-electron chi connectivity index (χ2n) is 7.80. The Kier molecular flexibility index (Phi) is 5.82. The minimum atomic E-state index is -0.591. The molecule has 1 fully saturated rings. The minimum Gasteiger partial charge on any atom is -0.444 e. The predicted molar refractivity (Wildman–Crippen MR) is 101 cm³/mol. The Hall–Kier alpha value is -1.56. The summed E-state index contributed by atoms with van der Waals surface area (Å²) in [7, 11) is 1.59. The van der Waals surface area contributed by atoms with Gasteiger partial charge in [0, 0.05) is 17.1 Å². The number of halogens is 1. The average Bonchev–Trinajstić information content (AvgIpc) is 3.25. The molecule has 25 heavy (non-hydrogen) atoms. The van der Waals surface area contributed by atoms with Gasteiger partial charge in [0.2, 0.25) is 5.91 Å². The lowest BCUT2D eigenvalue weighted by atomic mass is 10.0. The fraction of sp³-hybridized carbons (Fsp3) is 0.579. The largest absolute Gasteiger partial charge is 0.444 e. The van der Waals surface area contributed by atoms with Gasteiger partial charge in [-0.1, -0.05) is 34.1 Å². The first-order valence-corrected chi connectivity index (χ1v) is 9.34. The lowest BCUT2D eigenvalue weighted by Crippen LogP contribution is -2.51. The van der Waals surface area contributed by atoms with Crippen LogP contribution in [0.5, 0.6) is 0 Å². The van der Waals surface area contributed by atoms with Crippen molar-refractivity contribution in [3.63, 3.8) is 0 Å². The molecule has 0 unspecified atom stereocenters. The maximum Gasteiger partial charge on any atom is 0.410 e. The van der Waals surface area contributed by atoms with Crippen molar-refractivity contribution in [1.82, 2.24) is 10.2 Å².